The number of amides is 3. The molecule has 9 heteroatoms. The number of piperazine rings is 1. The molecule has 3 amide bonds. The van der Waals surface area contributed by atoms with Crippen molar-refractivity contribution in [1.29, 1.82) is 0 Å². The highest BCUT2D eigenvalue weighted by Crippen LogP contribution is 2.17. The molecule has 0 atom stereocenters. The average molecular weight is 386 g/mol. The molecular weight excluding hydrogens is 365 g/mol. The summed E-state index contributed by atoms with van der Waals surface area (Å²) in [7, 11) is 0. The van der Waals surface area contributed by atoms with Crippen LogP contribution in [-0.4, -0.2) is 67.0 Å². The van der Waals surface area contributed by atoms with Crippen molar-refractivity contribution >= 4 is 29.5 Å². The Morgan fingerprint density at radius 3 is 2.50 bits per heavy atom. The summed E-state index contributed by atoms with van der Waals surface area (Å²) in [5, 5.41) is 2.78. The van der Waals surface area contributed by atoms with Crippen LogP contribution < -0.4 is 5.32 Å². The van der Waals surface area contributed by atoms with Gasteiger partial charge in [0.1, 0.15) is 5.82 Å². The van der Waals surface area contributed by atoms with Gasteiger partial charge in [0.05, 0.1) is 12.2 Å². The van der Waals surface area contributed by atoms with Crippen LogP contribution in [0.25, 0.3) is 0 Å². The van der Waals surface area contributed by atoms with Crippen LogP contribution in [0.2, 0.25) is 5.02 Å². The number of hydrogen-bond donors (Lipinski definition) is 1. The van der Waals surface area contributed by atoms with E-state index in [4.69, 9.17) is 16.3 Å². The predicted molar refractivity (Wildman–Crippen MR) is 93.5 cm³/mol. The summed E-state index contributed by atoms with van der Waals surface area (Å²) in [5.41, 5.74) is -0.0732. The third kappa shape index (κ3) is 5.32. The molecule has 1 aliphatic rings. The fraction of sp³-hybridized carbons (Fsp3) is 0.471. The van der Waals surface area contributed by atoms with Gasteiger partial charge in [-0.15, -0.1) is 0 Å². The molecule has 1 heterocycles. The van der Waals surface area contributed by atoms with Crippen molar-refractivity contribution in [3.8, 4) is 0 Å². The van der Waals surface area contributed by atoms with Crippen LogP contribution in [0.15, 0.2) is 18.2 Å². The van der Waals surface area contributed by atoms with Crippen LogP contribution in [-0.2, 0) is 9.53 Å². The van der Waals surface area contributed by atoms with Crippen LogP contribution in [0, 0.1) is 5.82 Å². The van der Waals surface area contributed by atoms with E-state index in [0.717, 1.165) is 6.07 Å². The zero-order valence-corrected chi connectivity index (χ0v) is 15.2. The predicted octanol–water partition coefficient (Wildman–Crippen LogP) is 1.90. The molecule has 0 saturated carbocycles. The summed E-state index contributed by atoms with van der Waals surface area (Å²) in [6.07, 6.45) is -0.408. The van der Waals surface area contributed by atoms with Gasteiger partial charge in [-0.2, -0.15) is 0 Å². The Morgan fingerprint density at radius 2 is 1.85 bits per heavy atom. The number of nitrogens with one attached hydrogen (secondary N) is 1. The lowest BCUT2D eigenvalue weighted by atomic mass is 10.1. The minimum atomic E-state index is -0.622. The van der Waals surface area contributed by atoms with Crippen molar-refractivity contribution in [2.24, 2.45) is 0 Å². The zero-order valence-electron chi connectivity index (χ0n) is 14.5. The first-order valence-electron chi connectivity index (χ1n) is 8.35. The molecule has 0 aromatic heterocycles. The molecule has 0 aliphatic carbocycles. The van der Waals surface area contributed by atoms with E-state index in [1.54, 1.807) is 11.8 Å². The normalized spacial score (nSPS) is 14.1. The molecule has 0 radical (unpaired) electrons. The lowest BCUT2D eigenvalue weighted by molar-refractivity contribution is -0.132. The minimum absolute atomic E-state index is 0.0732. The Hall–Kier alpha value is -2.35. The molecule has 1 aromatic rings. The number of nitrogens with zero attached hydrogens (tertiary/aromatic N) is 2. The second-order valence-electron chi connectivity index (χ2n) is 5.69. The molecule has 1 aliphatic heterocycles. The molecule has 142 valence electrons. The molecule has 1 aromatic carbocycles. The maximum absolute atomic E-state index is 13.8. The van der Waals surface area contributed by atoms with E-state index in [1.165, 1.54) is 17.0 Å². The number of benzene rings is 1. The minimum Gasteiger partial charge on any atom is -0.450 e. The Bertz CT molecular complexity index is 678. The van der Waals surface area contributed by atoms with E-state index < -0.39 is 17.8 Å². The van der Waals surface area contributed by atoms with Crippen molar-refractivity contribution in [1.82, 2.24) is 15.1 Å². The standard InChI is InChI=1S/C17H21ClFN3O4/c1-2-26-17(25)20-6-5-15(23)21-7-9-22(10-8-21)16(24)13-11-12(18)3-4-14(13)19/h3-4,11H,2,5-10H2,1H3,(H,20,25). The number of halogens is 2. The van der Waals surface area contributed by atoms with E-state index >= 15 is 0 Å². The van der Waals surface area contributed by atoms with E-state index in [9.17, 15) is 18.8 Å². The SMILES string of the molecule is CCOC(=O)NCCC(=O)N1CCN(C(=O)c2cc(Cl)ccc2F)CC1. The Morgan fingerprint density at radius 1 is 1.19 bits per heavy atom. The zero-order chi connectivity index (χ0) is 19.1. The first kappa shape index (κ1) is 20.0. The molecule has 0 spiro atoms. The second-order valence-corrected chi connectivity index (χ2v) is 6.13. The molecule has 1 saturated heterocycles. The molecule has 26 heavy (non-hydrogen) atoms. The Kier molecular flexibility index (Phi) is 7.20. The maximum atomic E-state index is 13.8. The largest absolute Gasteiger partial charge is 0.450 e. The quantitative estimate of drug-likeness (QED) is 0.839. The summed E-state index contributed by atoms with van der Waals surface area (Å²) < 4.78 is 18.5. The summed E-state index contributed by atoms with van der Waals surface area (Å²) in [6.45, 7) is 3.47. The Balaban J connectivity index is 1.81. The highest BCUT2D eigenvalue weighted by molar-refractivity contribution is 6.31. The van der Waals surface area contributed by atoms with Gasteiger partial charge in [-0.25, -0.2) is 9.18 Å². The maximum Gasteiger partial charge on any atom is 0.407 e. The third-order valence-corrected chi connectivity index (χ3v) is 4.20. The van der Waals surface area contributed by atoms with E-state index in [1.807, 2.05) is 0 Å². The fourth-order valence-electron chi connectivity index (χ4n) is 2.60. The van der Waals surface area contributed by atoms with Gasteiger partial charge in [-0.3, -0.25) is 9.59 Å². The van der Waals surface area contributed by atoms with Crippen molar-refractivity contribution in [3.63, 3.8) is 0 Å². The third-order valence-electron chi connectivity index (χ3n) is 3.96. The van der Waals surface area contributed by atoms with Gasteiger partial charge in [-0.1, -0.05) is 11.6 Å². The van der Waals surface area contributed by atoms with Crippen LogP contribution >= 0.6 is 11.6 Å². The van der Waals surface area contributed by atoms with Gasteiger partial charge in [0, 0.05) is 44.2 Å². The number of hydrogen-bond acceptors (Lipinski definition) is 4. The topological polar surface area (TPSA) is 79.0 Å². The molecule has 7 nitrogen and oxygen atoms in total. The lowest BCUT2D eigenvalue weighted by Crippen LogP contribution is -2.51. The van der Waals surface area contributed by atoms with Crippen molar-refractivity contribution in [2.45, 2.75) is 13.3 Å². The van der Waals surface area contributed by atoms with Crippen LogP contribution in [0.4, 0.5) is 9.18 Å². The lowest BCUT2D eigenvalue weighted by Gasteiger charge is -2.35. The number of carbonyl (C=O) groups is 3. The van der Waals surface area contributed by atoms with E-state index in [-0.39, 0.29) is 36.1 Å². The summed E-state index contributed by atoms with van der Waals surface area (Å²) >= 11 is 5.83. The summed E-state index contributed by atoms with van der Waals surface area (Å²) in [5.74, 6) is -1.19. The smallest absolute Gasteiger partial charge is 0.407 e. The number of carbonyl (C=O) groups excluding carboxylic acids is 3. The molecule has 1 fully saturated rings. The van der Waals surface area contributed by atoms with Gasteiger partial charge in [-0.05, 0) is 25.1 Å². The van der Waals surface area contributed by atoms with Crippen LogP contribution in [0.3, 0.4) is 0 Å². The summed E-state index contributed by atoms with van der Waals surface area (Å²) in [6, 6.07) is 3.85. The van der Waals surface area contributed by atoms with Gasteiger partial charge in [0.25, 0.3) is 5.91 Å². The number of rotatable bonds is 5. The van der Waals surface area contributed by atoms with E-state index in [0.29, 0.717) is 26.2 Å². The molecule has 2 rings (SSSR count). The van der Waals surface area contributed by atoms with Crippen molar-refractivity contribution in [2.75, 3.05) is 39.3 Å². The monoisotopic (exact) mass is 385 g/mol. The van der Waals surface area contributed by atoms with Crippen molar-refractivity contribution < 1.29 is 23.5 Å². The summed E-state index contributed by atoms with van der Waals surface area (Å²) in [4.78, 5) is 38.8. The number of alkyl carbamates (subject to hydrolysis) is 1. The van der Waals surface area contributed by atoms with Gasteiger partial charge < -0.3 is 19.9 Å². The molecule has 0 bridgehead atoms. The van der Waals surface area contributed by atoms with E-state index in [2.05, 4.69) is 5.32 Å². The van der Waals surface area contributed by atoms with Gasteiger partial charge in [0.2, 0.25) is 5.91 Å². The highest BCUT2D eigenvalue weighted by atomic mass is 35.5. The number of ether oxygens (including phenoxy) is 1. The van der Waals surface area contributed by atoms with Gasteiger partial charge >= 0.3 is 6.09 Å². The average Bonchev–Trinajstić information content (AvgIpc) is 2.63. The Labute approximate surface area is 156 Å². The highest BCUT2D eigenvalue weighted by Gasteiger charge is 2.26. The molecule has 0 unspecified atom stereocenters. The van der Waals surface area contributed by atoms with Crippen molar-refractivity contribution in [3.05, 3.63) is 34.6 Å². The first-order chi connectivity index (χ1) is 12.4. The van der Waals surface area contributed by atoms with Crippen LogP contribution in [0.5, 0.6) is 0 Å². The fourth-order valence-corrected chi connectivity index (χ4v) is 2.77. The molecule has 1 N–H and O–H groups in total. The first-order valence-corrected chi connectivity index (χ1v) is 8.73. The van der Waals surface area contributed by atoms with Gasteiger partial charge in [0.15, 0.2) is 0 Å². The van der Waals surface area contributed by atoms with Crippen LogP contribution in [0.1, 0.15) is 23.7 Å². The molecular formula is C17H21ClFN3O4. The second kappa shape index (κ2) is 9.38.